The minimum atomic E-state index is -2.91. The van der Waals surface area contributed by atoms with Crippen molar-refractivity contribution in [2.45, 2.75) is 32.7 Å². The molecule has 0 bridgehead atoms. The van der Waals surface area contributed by atoms with Crippen molar-refractivity contribution >= 4 is 11.9 Å². The van der Waals surface area contributed by atoms with Crippen molar-refractivity contribution < 1.29 is 27.9 Å². The average molecular weight is 365 g/mol. The molecule has 0 fully saturated rings. The van der Waals surface area contributed by atoms with Gasteiger partial charge in [0.15, 0.2) is 0 Å². The van der Waals surface area contributed by atoms with Gasteiger partial charge in [-0.25, -0.2) is 18.0 Å². The predicted molar refractivity (Wildman–Crippen MR) is 90.8 cm³/mol. The molecule has 1 unspecified atom stereocenters. The van der Waals surface area contributed by atoms with Gasteiger partial charge in [0.2, 0.25) is 6.43 Å². The van der Waals surface area contributed by atoms with Gasteiger partial charge in [-0.15, -0.1) is 0 Å². The maximum atomic E-state index is 14.3. The summed E-state index contributed by atoms with van der Waals surface area (Å²) in [5, 5.41) is 10.8. The zero-order valence-corrected chi connectivity index (χ0v) is 14.2. The zero-order valence-electron chi connectivity index (χ0n) is 14.2. The molecule has 1 amide bonds. The lowest BCUT2D eigenvalue weighted by Gasteiger charge is -2.14. The van der Waals surface area contributed by atoms with Gasteiger partial charge in [0.05, 0.1) is 5.56 Å². The summed E-state index contributed by atoms with van der Waals surface area (Å²) in [7, 11) is 0. The van der Waals surface area contributed by atoms with Crippen LogP contribution in [0.2, 0.25) is 0 Å². The molecule has 0 spiro atoms. The number of hydrogen-bond acceptors (Lipinski definition) is 2. The fourth-order valence-electron chi connectivity index (χ4n) is 2.44. The third kappa shape index (κ3) is 4.62. The van der Waals surface area contributed by atoms with Crippen molar-refractivity contribution in [2.75, 3.05) is 0 Å². The number of amides is 1. The summed E-state index contributed by atoms with van der Waals surface area (Å²) in [5.74, 6) is -3.52. The molecule has 0 aliphatic rings. The molecule has 4 nitrogen and oxygen atoms in total. The Kier molecular flexibility index (Phi) is 6.02. The number of aryl methyl sites for hydroxylation is 2. The van der Waals surface area contributed by atoms with Crippen LogP contribution < -0.4 is 5.32 Å². The Hall–Kier alpha value is -2.83. The van der Waals surface area contributed by atoms with Gasteiger partial charge in [0.25, 0.3) is 5.91 Å². The van der Waals surface area contributed by atoms with E-state index in [0.29, 0.717) is 5.56 Å². The highest BCUT2D eigenvalue weighted by Crippen LogP contribution is 2.24. The average Bonchev–Trinajstić information content (AvgIpc) is 2.56. The SMILES string of the molecule is Cc1ccc(-c2ccc(C(=O)NC(CC(F)F)C(=O)O)c(F)c2)cc1C. The summed E-state index contributed by atoms with van der Waals surface area (Å²) in [5.41, 5.74) is 3.02. The predicted octanol–water partition coefficient (Wildman–Crippen LogP) is 3.95. The minimum absolute atomic E-state index is 0.405. The molecule has 0 aliphatic heterocycles. The molecule has 7 heteroatoms. The van der Waals surface area contributed by atoms with Crippen LogP contribution in [0, 0.1) is 19.7 Å². The molecule has 0 radical (unpaired) electrons. The quantitative estimate of drug-likeness (QED) is 0.815. The Morgan fingerprint density at radius 2 is 1.65 bits per heavy atom. The molecule has 2 aromatic rings. The number of halogens is 3. The third-order valence-corrected chi connectivity index (χ3v) is 4.07. The number of carboxylic acid groups (broad SMARTS) is 1. The standard InChI is InChI=1S/C19H18F3NO3/c1-10-3-4-12(7-11(10)2)13-5-6-14(15(20)8-13)18(24)23-16(19(25)26)9-17(21)22/h3-8,16-17H,9H2,1-2H3,(H,23,24)(H,25,26). The van der Waals surface area contributed by atoms with Gasteiger partial charge < -0.3 is 10.4 Å². The number of carbonyl (C=O) groups excluding carboxylic acids is 1. The van der Waals surface area contributed by atoms with Crippen LogP contribution in [0.15, 0.2) is 36.4 Å². The molecule has 2 aromatic carbocycles. The van der Waals surface area contributed by atoms with E-state index in [1.807, 2.05) is 37.4 Å². The van der Waals surface area contributed by atoms with Gasteiger partial charge in [-0.3, -0.25) is 4.79 Å². The second-order valence-corrected chi connectivity index (χ2v) is 5.98. The molecule has 2 rings (SSSR count). The van der Waals surface area contributed by atoms with Crippen LogP contribution in [-0.4, -0.2) is 29.5 Å². The van der Waals surface area contributed by atoms with E-state index in [-0.39, 0.29) is 0 Å². The van der Waals surface area contributed by atoms with Crippen LogP contribution in [0.3, 0.4) is 0 Å². The van der Waals surface area contributed by atoms with E-state index in [9.17, 15) is 22.8 Å². The van der Waals surface area contributed by atoms with Gasteiger partial charge in [-0.2, -0.15) is 0 Å². The van der Waals surface area contributed by atoms with E-state index >= 15 is 0 Å². The van der Waals surface area contributed by atoms with Crippen molar-refractivity contribution in [2.24, 2.45) is 0 Å². The first-order valence-corrected chi connectivity index (χ1v) is 7.88. The van der Waals surface area contributed by atoms with Gasteiger partial charge in [-0.1, -0.05) is 24.3 Å². The van der Waals surface area contributed by atoms with E-state index in [4.69, 9.17) is 5.11 Å². The van der Waals surface area contributed by atoms with E-state index in [0.717, 1.165) is 22.8 Å². The van der Waals surface area contributed by atoms with E-state index < -0.39 is 42.1 Å². The Bertz CT molecular complexity index is 837. The normalized spacial score (nSPS) is 12.1. The Labute approximate surface area is 148 Å². The first-order chi connectivity index (χ1) is 12.2. The second-order valence-electron chi connectivity index (χ2n) is 5.98. The number of benzene rings is 2. The molecule has 0 saturated carbocycles. The summed E-state index contributed by atoms with van der Waals surface area (Å²) in [6.45, 7) is 3.87. The van der Waals surface area contributed by atoms with E-state index in [1.54, 1.807) is 0 Å². The van der Waals surface area contributed by atoms with Gasteiger partial charge in [0.1, 0.15) is 11.9 Å². The molecule has 0 aromatic heterocycles. The maximum absolute atomic E-state index is 14.3. The fourth-order valence-corrected chi connectivity index (χ4v) is 2.44. The van der Waals surface area contributed by atoms with Crippen molar-refractivity contribution in [3.8, 4) is 11.1 Å². The van der Waals surface area contributed by atoms with Crippen molar-refractivity contribution in [1.82, 2.24) is 5.32 Å². The lowest BCUT2D eigenvalue weighted by atomic mass is 9.99. The largest absolute Gasteiger partial charge is 0.480 e. The van der Waals surface area contributed by atoms with Crippen molar-refractivity contribution in [3.63, 3.8) is 0 Å². The highest BCUT2D eigenvalue weighted by molar-refractivity contribution is 5.97. The smallest absolute Gasteiger partial charge is 0.326 e. The number of hydrogen-bond donors (Lipinski definition) is 2. The lowest BCUT2D eigenvalue weighted by Crippen LogP contribution is -2.42. The first kappa shape index (κ1) is 19.5. The molecule has 26 heavy (non-hydrogen) atoms. The summed E-state index contributed by atoms with van der Waals surface area (Å²) < 4.78 is 39.1. The van der Waals surface area contributed by atoms with E-state index in [2.05, 4.69) is 0 Å². The van der Waals surface area contributed by atoms with Crippen LogP contribution in [0.25, 0.3) is 11.1 Å². The second kappa shape index (κ2) is 8.03. The number of carbonyl (C=O) groups is 2. The topological polar surface area (TPSA) is 66.4 Å². The molecular formula is C19H18F3NO3. The highest BCUT2D eigenvalue weighted by Gasteiger charge is 2.25. The molecule has 0 heterocycles. The van der Waals surface area contributed by atoms with Crippen molar-refractivity contribution in [1.29, 1.82) is 0 Å². The highest BCUT2D eigenvalue weighted by atomic mass is 19.3. The van der Waals surface area contributed by atoms with E-state index in [1.165, 1.54) is 12.1 Å². The molecular weight excluding hydrogens is 347 g/mol. The number of aliphatic carboxylic acids is 1. The molecule has 2 N–H and O–H groups in total. The Balaban J connectivity index is 2.24. The van der Waals surface area contributed by atoms with Crippen LogP contribution >= 0.6 is 0 Å². The summed E-state index contributed by atoms with van der Waals surface area (Å²) in [4.78, 5) is 23.0. The Morgan fingerprint density at radius 1 is 1.04 bits per heavy atom. The summed E-state index contributed by atoms with van der Waals surface area (Å²) in [6, 6.07) is 7.68. The number of alkyl halides is 2. The zero-order chi connectivity index (χ0) is 19.4. The maximum Gasteiger partial charge on any atom is 0.326 e. The lowest BCUT2D eigenvalue weighted by molar-refractivity contribution is -0.140. The van der Waals surface area contributed by atoms with Crippen LogP contribution in [0.4, 0.5) is 13.2 Å². The number of rotatable bonds is 6. The van der Waals surface area contributed by atoms with Gasteiger partial charge in [-0.05, 0) is 48.2 Å². The third-order valence-electron chi connectivity index (χ3n) is 4.07. The summed E-state index contributed by atoms with van der Waals surface area (Å²) >= 11 is 0. The minimum Gasteiger partial charge on any atom is -0.480 e. The van der Waals surface area contributed by atoms with Gasteiger partial charge >= 0.3 is 5.97 Å². The molecule has 138 valence electrons. The molecule has 0 saturated heterocycles. The summed E-state index contributed by atoms with van der Waals surface area (Å²) in [6.07, 6.45) is -3.96. The molecule has 0 aliphatic carbocycles. The Morgan fingerprint density at radius 3 is 2.19 bits per heavy atom. The van der Waals surface area contributed by atoms with Crippen LogP contribution in [0.5, 0.6) is 0 Å². The van der Waals surface area contributed by atoms with Crippen LogP contribution in [-0.2, 0) is 4.79 Å². The van der Waals surface area contributed by atoms with Crippen LogP contribution in [0.1, 0.15) is 27.9 Å². The first-order valence-electron chi connectivity index (χ1n) is 7.88. The monoisotopic (exact) mass is 365 g/mol. The fraction of sp³-hybridized carbons (Fsp3) is 0.263. The number of nitrogens with one attached hydrogen (secondary N) is 1. The molecule has 1 atom stereocenters. The van der Waals surface area contributed by atoms with Crippen molar-refractivity contribution in [3.05, 3.63) is 58.9 Å². The van der Waals surface area contributed by atoms with Gasteiger partial charge in [0, 0.05) is 6.42 Å². The number of carboxylic acids is 1.